The van der Waals surface area contributed by atoms with Crippen molar-refractivity contribution in [3.8, 4) is 5.75 Å². The zero-order valence-electron chi connectivity index (χ0n) is 53.5. The third-order valence-corrected chi connectivity index (χ3v) is 16.4. The van der Waals surface area contributed by atoms with Gasteiger partial charge in [0.1, 0.15) is 72.2 Å². The number of nitrogens with one attached hydrogen (secondary N) is 12. The van der Waals surface area contributed by atoms with Crippen molar-refractivity contribution in [1.29, 1.82) is 0 Å². The van der Waals surface area contributed by atoms with Gasteiger partial charge in [-0.1, -0.05) is 42.5 Å². The number of aliphatic hydroxyl groups excluding tert-OH is 1. The van der Waals surface area contributed by atoms with Crippen LogP contribution in [0.2, 0.25) is 0 Å². The lowest BCUT2D eigenvalue weighted by molar-refractivity contribution is -0.143. The first kappa shape index (κ1) is 77.5. The molecule has 37 heteroatoms. The van der Waals surface area contributed by atoms with E-state index in [0.717, 1.165) is 4.90 Å². The third-order valence-electron chi connectivity index (χ3n) is 15.8. The van der Waals surface area contributed by atoms with E-state index in [1.165, 1.54) is 49.9 Å². The second-order valence-corrected chi connectivity index (χ2v) is 24.3. The average Bonchev–Trinajstić information content (AvgIpc) is 1.78. The van der Waals surface area contributed by atoms with E-state index >= 15 is 4.79 Å². The maximum atomic E-state index is 15.1. The summed E-state index contributed by atoms with van der Waals surface area (Å²) < 4.78 is 0. The molecule has 5 rings (SSSR count). The number of rotatable bonds is 22. The fourth-order valence-electron chi connectivity index (χ4n) is 10.5. The number of benzene rings is 2. The average molecular weight is 1380 g/mol. The molecule has 530 valence electrons. The number of phenolic OH excluding ortho intramolecular Hbond substituents is 1. The van der Waals surface area contributed by atoms with Gasteiger partial charge in [-0.15, -0.1) is 0 Å². The SMILES string of the molecule is CSCC[C@@H]1NC(=O)C(NC(=O)[C@H](C)NC(=O)[C@@H](N)Cc2ccccc2)C(C)NC(=O)C[C@@H]2NC(=O)[C@@H](CNC(=O)C[C@H](C(=O)NC(CCC(=O)O)C(=O)O)NC(=O)[C@H](CO)NC2=O)NC(=O)[C@@H]2CCCN2C(=O)[C@H](Cc2ccc(O)cc2)NC(=O)C(CCCN=C(N)N)NC1=O. The van der Waals surface area contributed by atoms with Crippen molar-refractivity contribution in [3.63, 3.8) is 0 Å². The van der Waals surface area contributed by atoms with Gasteiger partial charge in [0.25, 0.3) is 0 Å². The van der Waals surface area contributed by atoms with Gasteiger partial charge >= 0.3 is 11.9 Å². The number of hydrogen-bond acceptors (Lipinski definition) is 20. The van der Waals surface area contributed by atoms with Gasteiger partial charge in [-0.25, -0.2) is 4.79 Å². The van der Waals surface area contributed by atoms with Crippen LogP contribution in [0.25, 0.3) is 0 Å². The maximum absolute atomic E-state index is 15.1. The number of nitrogens with two attached hydrogens (primary N) is 3. The Hall–Kier alpha value is -10.2. The van der Waals surface area contributed by atoms with Crippen molar-refractivity contribution in [3.05, 3.63) is 65.7 Å². The Labute approximate surface area is 560 Å². The number of hydrogen-bond donors (Lipinski definition) is 19. The number of carbonyl (C=O) groups is 15. The Balaban J connectivity index is 1.65. The monoisotopic (exact) mass is 1380 g/mol. The number of guanidine groups is 1. The van der Waals surface area contributed by atoms with Gasteiger partial charge in [0.05, 0.1) is 31.5 Å². The molecule has 3 heterocycles. The molecule has 3 aliphatic rings. The standard InChI is InChI=1S/C60H85N17O19S/c1-29-47(76-48(84)30(2)67-49(85)34(61)23-31-9-5-4-6-10-31)57(93)69-36(19-22-97-3)51(87)68-35(11-7-20-64-60(62)63)50(86)73-40(24-32-13-15-33(79)16-14-32)58(94)77-21-8-12-43(77)56(92)74-41-27-65-44(80)25-38(52(88)70-37(59(95)96)17-18-46(82)83)72-55(91)42(28-78)75-53(89)39(71-54(41)90)26-45(81)66-29/h4-6,9-10,13-16,29-30,34-43,47,78-79H,7-8,11-12,17-28,61H2,1-3H3,(H,65,80)(H,66,81)(H,67,85)(H,68,87)(H,69,93)(H,70,88)(H,71,90)(H,72,91)(H,73,86)(H,74,92)(H,75,89)(H,76,84)(H,82,83)(H,95,96)(H4,62,63,64)/t29?,30-,34-,35?,36-,37?,38+,39-,40-,41+,42-,43-,47?/m0/s1. The molecule has 22 N–H and O–H groups in total. The molecule has 3 aliphatic heterocycles. The number of aliphatic carboxylic acids is 2. The summed E-state index contributed by atoms with van der Waals surface area (Å²) >= 11 is 1.25. The van der Waals surface area contributed by atoms with Crippen LogP contribution in [0.1, 0.15) is 82.8 Å². The number of aliphatic hydroxyl groups is 1. The van der Waals surface area contributed by atoms with Crippen LogP contribution in [-0.4, -0.2) is 237 Å². The van der Waals surface area contributed by atoms with E-state index in [4.69, 9.17) is 17.2 Å². The third kappa shape index (κ3) is 24.5. The van der Waals surface area contributed by atoms with E-state index in [-0.39, 0.29) is 75.5 Å². The minimum Gasteiger partial charge on any atom is -0.508 e. The van der Waals surface area contributed by atoms with Crippen molar-refractivity contribution in [2.45, 2.75) is 163 Å². The highest BCUT2D eigenvalue weighted by molar-refractivity contribution is 7.98. The zero-order chi connectivity index (χ0) is 71.6. The Morgan fingerprint density at radius 2 is 1.32 bits per heavy atom. The molecular weight excluding hydrogens is 1290 g/mol. The number of carboxylic acids is 2. The molecular formula is C60H85N17O19S. The lowest BCUT2D eigenvalue weighted by atomic mass is 10.0. The molecule has 0 spiro atoms. The molecule has 2 aromatic rings. The second-order valence-electron chi connectivity index (χ2n) is 23.3. The summed E-state index contributed by atoms with van der Waals surface area (Å²) in [5.74, 6) is -18.1. The Bertz CT molecular complexity index is 3230. The smallest absolute Gasteiger partial charge is 0.326 e. The number of aromatic hydroxyl groups is 1. The highest BCUT2D eigenvalue weighted by Gasteiger charge is 2.43. The van der Waals surface area contributed by atoms with Crippen LogP contribution in [0.5, 0.6) is 5.75 Å². The predicted octanol–water partition coefficient (Wildman–Crippen LogP) is -7.46. The number of aliphatic imine (C=N–C) groups is 1. The van der Waals surface area contributed by atoms with Crippen LogP contribution in [0.15, 0.2) is 59.6 Å². The van der Waals surface area contributed by atoms with Crippen molar-refractivity contribution in [1.82, 2.24) is 68.7 Å². The van der Waals surface area contributed by atoms with Gasteiger partial charge in [0, 0.05) is 32.5 Å². The molecule has 97 heavy (non-hydrogen) atoms. The highest BCUT2D eigenvalue weighted by Crippen LogP contribution is 2.22. The largest absolute Gasteiger partial charge is 0.508 e. The quantitative estimate of drug-likeness (QED) is 0.0296. The summed E-state index contributed by atoms with van der Waals surface area (Å²) in [5, 5.41) is 68.4. The molecule has 0 aromatic heterocycles. The molecule has 0 radical (unpaired) electrons. The molecule has 3 saturated heterocycles. The summed E-state index contributed by atoms with van der Waals surface area (Å²) in [6.45, 7) is 0.0765. The predicted molar refractivity (Wildman–Crippen MR) is 344 cm³/mol. The number of thioether (sulfide) groups is 1. The van der Waals surface area contributed by atoms with E-state index in [0.29, 0.717) is 11.1 Å². The summed E-state index contributed by atoms with van der Waals surface area (Å²) in [7, 11) is 0. The lowest BCUT2D eigenvalue weighted by Crippen LogP contribution is -2.64. The van der Waals surface area contributed by atoms with Gasteiger partial charge in [0.15, 0.2) is 5.96 Å². The first-order chi connectivity index (χ1) is 46.0. The van der Waals surface area contributed by atoms with Crippen LogP contribution in [-0.2, 0) is 84.8 Å². The first-order valence-electron chi connectivity index (χ1n) is 31.1. The number of amides is 13. The number of fused-ring (bicyclic) bond motifs is 4. The van der Waals surface area contributed by atoms with Crippen LogP contribution in [0.3, 0.4) is 0 Å². The molecule has 0 aliphatic carbocycles. The van der Waals surface area contributed by atoms with Crippen molar-refractivity contribution >= 4 is 106 Å². The Kier molecular flexibility index (Phi) is 30.2. The molecule has 13 atom stereocenters. The van der Waals surface area contributed by atoms with E-state index in [2.05, 4.69) is 63.5 Å². The van der Waals surface area contributed by atoms with Crippen LogP contribution >= 0.6 is 11.8 Å². The first-order valence-corrected chi connectivity index (χ1v) is 32.5. The molecule has 36 nitrogen and oxygen atoms in total. The number of phenols is 1. The van der Waals surface area contributed by atoms with E-state index < -0.39 is 206 Å². The molecule has 4 unspecified atom stereocenters. The van der Waals surface area contributed by atoms with Gasteiger partial charge in [0.2, 0.25) is 76.8 Å². The van der Waals surface area contributed by atoms with Gasteiger partial charge in [-0.05, 0) is 94.1 Å². The van der Waals surface area contributed by atoms with Crippen molar-refractivity contribution in [2.24, 2.45) is 22.2 Å². The van der Waals surface area contributed by atoms with E-state index in [9.17, 15) is 87.5 Å². The van der Waals surface area contributed by atoms with Gasteiger partial charge < -0.3 is 106 Å². The van der Waals surface area contributed by atoms with Gasteiger partial charge in [-0.2, -0.15) is 11.8 Å². The zero-order valence-corrected chi connectivity index (χ0v) is 54.3. The Morgan fingerprint density at radius 1 is 0.701 bits per heavy atom. The highest BCUT2D eigenvalue weighted by atomic mass is 32.2. The van der Waals surface area contributed by atoms with Crippen LogP contribution in [0.4, 0.5) is 0 Å². The Morgan fingerprint density at radius 3 is 1.96 bits per heavy atom. The summed E-state index contributed by atoms with van der Waals surface area (Å²) in [4.78, 5) is 215. The minimum atomic E-state index is -2.15. The number of carboxylic acid groups (broad SMARTS) is 2. The lowest BCUT2D eigenvalue weighted by Gasteiger charge is -2.31. The molecule has 13 amide bonds. The normalized spacial score (nSPS) is 24.5. The van der Waals surface area contributed by atoms with E-state index in [1.54, 1.807) is 36.6 Å². The van der Waals surface area contributed by atoms with Crippen molar-refractivity contribution < 1.29 is 92.3 Å². The summed E-state index contributed by atoms with van der Waals surface area (Å²) in [6.07, 6.45) is -2.41. The van der Waals surface area contributed by atoms with Crippen LogP contribution < -0.4 is 81.0 Å². The molecule has 2 aromatic carbocycles. The molecule has 2 bridgehead atoms. The number of carbonyl (C=O) groups excluding carboxylic acids is 13. The summed E-state index contributed by atoms with van der Waals surface area (Å²) in [6, 6.07) is -8.19. The fourth-order valence-corrected chi connectivity index (χ4v) is 10.9. The topological polar surface area (TPSA) is 575 Å². The van der Waals surface area contributed by atoms with Gasteiger partial charge in [-0.3, -0.25) is 72.1 Å². The molecule has 3 fully saturated rings. The van der Waals surface area contributed by atoms with E-state index in [1.807, 2.05) is 5.32 Å². The number of nitrogens with zero attached hydrogens (tertiary/aromatic N) is 2. The minimum absolute atomic E-state index is 0.0360. The summed E-state index contributed by atoms with van der Waals surface area (Å²) in [5.41, 5.74) is 18.4. The van der Waals surface area contributed by atoms with Crippen LogP contribution in [0, 0.1) is 0 Å². The fraction of sp³-hybridized carbons (Fsp3) is 0.533. The second kappa shape index (κ2) is 37.8. The maximum Gasteiger partial charge on any atom is 0.326 e. The molecule has 0 saturated carbocycles. The van der Waals surface area contributed by atoms with Crippen molar-refractivity contribution in [2.75, 3.05) is 38.2 Å².